The minimum absolute atomic E-state index is 0.181. The van der Waals surface area contributed by atoms with Gasteiger partial charge < -0.3 is 23.7 Å². The van der Waals surface area contributed by atoms with E-state index in [1.165, 1.54) is 0 Å². The zero-order valence-corrected chi connectivity index (χ0v) is 18.2. The molecular weight excluding hydrogens is 398 g/mol. The summed E-state index contributed by atoms with van der Waals surface area (Å²) in [6.45, 7) is 3.01. The molecule has 2 aromatic carbocycles. The first kappa shape index (κ1) is 21.8. The summed E-state index contributed by atoms with van der Waals surface area (Å²) in [5.41, 5.74) is 1.06. The molecule has 7 nitrogen and oxygen atoms in total. The van der Waals surface area contributed by atoms with E-state index in [4.69, 9.17) is 23.7 Å². The highest BCUT2D eigenvalue weighted by Gasteiger charge is 2.71. The molecule has 0 saturated carbocycles. The fourth-order valence-corrected chi connectivity index (χ4v) is 4.61. The molecule has 0 bridgehead atoms. The highest BCUT2D eigenvalue weighted by molar-refractivity contribution is 5.70. The number of rotatable bonds is 7. The minimum atomic E-state index is -1.12. The normalized spacial score (nSPS) is 26.6. The molecule has 0 spiro atoms. The summed E-state index contributed by atoms with van der Waals surface area (Å²) >= 11 is 0. The Morgan fingerprint density at radius 2 is 1.58 bits per heavy atom. The molecule has 2 aliphatic heterocycles. The van der Waals surface area contributed by atoms with Gasteiger partial charge >= 0.3 is 6.09 Å². The predicted molar refractivity (Wildman–Crippen MR) is 113 cm³/mol. The Kier molecular flexibility index (Phi) is 6.29. The van der Waals surface area contributed by atoms with Crippen molar-refractivity contribution in [3.8, 4) is 0 Å². The van der Waals surface area contributed by atoms with Gasteiger partial charge in [-0.15, -0.1) is 0 Å². The monoisotopic (exact) mass is 427 g/mol. The Morgan fingerprint density at radius 3 is 2.16 bits per heavy atom. The van der Waals surface area contributed by atoms with Crippen LogP contribution in [0.2, 0.25) is 0 Å². The number of likely N-dealkylation sites (tertiary alicyclic amines) is 1. The summed E-state index contributed by atoms with van der Waals surface area (Å²) in [5.74, 6) is -1.12. The van der Waals surface area contributed by atoms with Crippen LogP contribution in [0.3, 0.4) is 0 Å². The van der Waals surface area contributed by atoms with Crippen LogP contribution >= 0.6 is 0 Å². The van der Waals surface area contributed by atoms with Crippen LogP contribution < -0.4 is 0 Å². The maximum Gasteiger partial charge on any atom is 0.410 e. The number of hydrogen-bond donors (Lipinski definition) is 0. The van der Waals surface area contributed by atoms with E-state index in [-0.39, 0.29) is 19.3 Å². The van der Waals surface area contributed by atoms with Crippen molar-refractivity contribution >= 4 is 6.09 Å². The quantitative estimate of drug-likeness (QED) is 0.632. The second-order valence-corrected chi connectivity index (χ2v) is 8.03. The van der Waals surface area contributed by atoms with Crippen LogP contribution in [0.4, 0.5) is 4.79 Å². The average Bonchev–Trinajstić information content (AvgIpc) is 3.27. The maximum atomic E-state index is 13.2. The number of benzene rings is 2. The lowest BCUT2D eigenvalue weighted by atomic mass is 9.87. The fraction of sp³-hybridized carbons (Fsp3) is 0.458. The van der Waals surface area contributed by atoms with Gasteiger partial charge in [-0.2, -0.15) is 0 Å². The first-order valence-electron chi connectivity index (χ1n) is 10.4. The largest absolute Gasteiger partial charge is 0.445 e. The second-order valence-electron chi connectivity index (χ2n) is 8.03. The third kappa shape index (κ3) is 3.83. The van der Waals surface area contributed by atoms with Gasteiger partial charge in [-0.05, 0) is 18.1 Å². The van der Waals surface area contributed by atoms with Gasteiger partial charge in [-0.1, -0.05) is 60.7 Å². The molecular formula is C24H29NO6. The first-order chi connectivity index (χ1) is 15.0. The molecule has 0 N–H and O–H groups in total. The molecule has 0 aliphatic carbocycles. The number of methoxy groups -OCH3 is 2. The predicted octanol–water partition coefficient (Wildman–Crippen LogP) is 3.37. The molecule has 0 radical (unpaired) electrons. The van der Waals surface area contributed by atoms with Crippen molar-refractivity contribution in [3.05, 3.63) is 71.8 Å². The van der Waals surface area contributed by atoms with Gasteiger partial charge in [0.2, 0.25) is 5.79 Å². The van der Waals surface area contributed by atoms with Gasteiger partial charge in [-0.3, -0.25) is 4.90 Å². The molecule has 7 heteroatoms. The third-order valence-electron chi connectivity index (χ3n) is 6.43. The van der Waals surface area contributed by atoms with Crippen LogP contribution in [0.5, 0.6) is 0 Å². The number of ether oxygens (including phenoxy) is 5. The smallest absolute Gasteiger partial charge is 0.410 e. The number of amides is 1. The lowest BCUT2D eigenvalue weighted by Gasteiger charge is -2.43. The van der Waals surface area contributed by atoms with Crippen LogP contribution in [0.1, 0.15) is 18.1 Å². The number of carbonyl (C=O) groups is 1. The molecule has 2 aliphatic rings. The Labute approximate surface area is 182 Å². The zero-order chi connectivity index (χ0) is 21.9. The molecule has 0 unspecified atom stereocenters. The first-order valence-corrected chi connectivity index (χ1v) is 10.4. The third-order valence-corrected chi connectivity index (χ3v) is 6.43. The standard InChI is InChI=1S/C24H29NO6/c1-23-21(31-17-24(23,27-2)28-3)20(29-15-18-10-6-4-7-11-18)14-25(23)22(26)30-16-19-12-8-5-9-13-19/h4-13,20-21H,14-17H2,1-3H3/t20-,21-,23+/m1/s1. The highest BCUT2D eigenvalue weighted by atomic mass is 16.7. The summed E-state index contributed by atoms with van der Waals surface area (Å²) in [6.07, 6.45) is -1.21. The van der Waals surface area contributed by atoms with Crippen molar-refractivity contribution in [2.75, 3.05) is 27.4 Å². The van der Waals surface area contributed by atoms with Crippen molar-refractivity contribution in [1.29, 1.82) is 0 Å². The van der Waals surface area contributed by atoms with Gasteiger partial charge in [0, 0.05) is 14.2 Å². The summed E-state index contributed by atoms with van der Waals surface area (Å²) in [4.78, 5) is 14.8. The van der Waals surface area contributed by atoms with Crippen LogP contribution in [-0.2, 0) is 36.9 Å². The lowest BCUT2D eigenvalue weighted by molar-refractivity contribution is -0.249. The van der Waals surface area contributed by atoms with E-state index in [9.17, 15) is 4.79 Å². The summed E-state index contributed by atoms with van der Waals surface area (Å²) in [6, 6.07) is 19.5. The van der Waals surface area contributed by atoms with E-state index in [1.54, 1.807) is 19.1 Å². The molecule has 0 aromatic heterocycles. The molecule has 3 atom stereocenters. The van der Waals surface area contributed by atoms with E-state index in [1.807, 2.05) is 67.6 Å². The Morgan fingerprint density at radius 1 is 1.00 bits per heavy atom. The summed E-state index contributed by atoms with van der Waals surface area (Å²) in [5, 5.41) is 0. The average molecular weight is 427 g/mol. The van der Waals surface area contributed by atoms with Crippen LogP contribution in [0.25, 0.3) is 0 Å². The second kappa shape index (κ2) is 8.96. The number of hydrogen-bond acceptors (Lipinski definition) is 6. The number of fused-ring (bicyclic) bond motifs is 1. The Bertz CT molecular complexity index is 872. The van der Waals surface area contributed by atoms with Crippen molar-refractivity contribution in [1.82, 2.24) is 4.90 Å². The Hall–Kier alpha value is -2.45. The summed E-state index contributed by atoms with van der Waals surface area (Å²) in [7, 11) is 3.12. The van der Waals surface area contributed by atoms with Gasteiger partial charge in [0.25, 0.3) is 0 Å². The molecule has 2 aromatic rings. The molecule has 2 fully saturated rings. The van der Waals surface area contributed by atoms with Crippen LogP contribution in [-0.4, -0.2) is 61.9 Å². The van der Waals surface area contributed by atoms with Gasteiger partial charge in [0.1, 0.15) is 31.0 Å². The van der Waals surface area contributed by atoms with Crippen molar-refractivity contribution in [2.45, 2.75) is 43.7 Å². The van der Waals surface area contributed by atoms with Crippen LogP contribution in [0, 0.1) is 0 Å². The van der Waals surface area contributed by atoms with Crippen molar-refractivity contribution < 1.29 is 28.5 Å². The van der Waals surface area contributed by atoms with E-state index in [0.29, 0.717) is 13.2 Å². The Balaban J connectivity index is 1.54. The fourth-order valence-electron chi connectivity index (χ4n) is 4.61. The molecule has 166 valence electrons. The SMILES string of the molecule is COC1(OC)CO[C@@H]2[C@H](OCc3ccccc3)CN(C(=O)OCc3ccccc3)[C@@]21C. The number of nitrogens with zero attached hydrogens (tertiary/aromatic N) is 1. The number of carbonyl (C=O) groups excluding carboxylic acids is 1. The van der Waals surface area contributed by atoms with Gasteiger partial charge in [0.05, 0.1) is 13.2 Å². The van der Waals surface area contributed by atoms with E-state index in [0.717, 1.165) is 11.1 Å². The molecule has 1 amide bonds. The molecule has 2 heterocycles. The van der Waals surface area contributed by atoms with E-state index >= 15 is 0 Å². The minimum Gasteiger partial charge on any atom is -0.445 e. The molecule has 4 rings (SSSR count). The van der Waals surface area contributed by atoms with E-state index in [2.05, 4.69) is 0 Å². The summed E-state index contributed by atoms with van der Waals surface area (Å²) < 4.78 is 29.5. The van der Waals surface area contributed by atoms with Crippen molar-refractivity contribution in [3.63, 3.8) is 0 Å². The van der Waals surface area contributed by atoms with Crippen LogP contribution in [0.15, 0.2) is 60.7 Å². The van der Waals surface area contributed by atoms with E-state index < -0.39 is 23.5 Å². The lowest BCUT2D eigenvalue weighted by Crippen LogP contribution is -2.64. The molecule has 2 saturated heterocycles. The van der Waals surface area contributed by atoms with Gasteiger partial charge in [0.15, 0.2) is 0 Å². The highest BCUT2D eigenvalue weighted by Crippen LogP contribution is 2.49. The maximum absolute atomic E-state index is 13.2. The topological polar surface area (TPSA) is 66.5 Å². The van der Waals surface area contributed by atoms with Crippen molar-refractivity contribution in [2.24, 2.45) is 0 Å². The molecule has 31 heavy (non-hydrogen) atoms. The van der Waals surface area contributed by atoms with Gasteiger partial charge in [-0.25, -0.2) is 4.79 Å². The zero-order valence-electron chi connectivity index (χ0n) is 18.2.